The summed E-state index contributed by atoms with van der Waals surface area (Å²) >= 11 is 0. The number of rotatable bonds is 4. The Kier molecular flexibility index (Phi) is 6.89. The fourth-order valence-electron chi connectivity index (χ4n) is 8.67. The lowest BCUT2D eigenvalue weighted by atomic mass is 9.46. The van der Waals surface area contributed by atoms with Gasteiger partial charge in [-0.15, -0.1) is 0 Å². The topological polar surface area (TPSA) is 40.5 Å². The van der Waals surface area contributed by atoms with Gasteiger partial charge in [-0.3, -0.25) is 4.79 Å². The highest BCUT2D eigenvalue weighted by Crippen LogP contribution is 2.68. The van der Waals surface area contributed by atoms with Crippen LogP contribution in [0.15, 0.2) is 35.9 Å². The zero-order chi connectivity index (χ0) is 26.6. The van der Waals surface area contributed by atoms with Crippen LogP contribution in [0.25, 0.3) is 0 Å². The van der Waals surface area contributed by atoms with Gasteiger partial charge >= 0.3 is 0 Å². The average molecular weight is 502 g/mol. The summed E-state index contributed by atoms with van der Waals surface area (Å²) in [7, 11) is 0. The number of carbonyl (C=O) groups excluding carboxylic acids is 1. The normalized spacial score (nSPS) is 37.0. The van der Waals surface area contributed by atoms with Crippen molar-refractivity contribution in [1.82, 2.24) is 0 Å². The van der Waals surface area contributed by atoms with Gasteiger partial charge in [0.05, 0.1) is 0 Å². The first-order valence-electron chi connectivity index (χ1n) is 14.8. The zero-order valence-electron chi connectivity index (χ0n) is 23.9. The summed E-state index contributed by atoms with van der Waals surface area (Å²) in [6, 6.07) is 9.33. The van der Waals surface area contributed by atoms with Crippen molar-refractivity contribution < 1.29 is 9.90 Å². The first kappa shape index (κ1) is 26.6. The lowest BCUT2D eigenvalue weighted by Crippen LogP contribution is -2.54. The minimum Gasteiger partial charge on any atom is -0.377 e. The maximum absolute atomic E-state index is 12.3. The van der Waals surface area contributed by atoms with Crippen LogP contribution < -0.4 is 4.90 Å². The van der Waals surface area contributed by atoms with E-state index in [1.54, 1.807) is 0 Å². The minimum atomic E-state index is -0.937. The molecular weight excluding hydrogens is 454 g/mol. The lowest BCUT2D eigenvalue weighted by Gasteiger charge is -2.58. The molecule has 1 N–H and O–H groups in total. The highest BCUT2D eigenvalue weighted by molar-refractivity contribution is 5.91. The summed E-state index contributed by atoms with van der Waals surface area (Å²) in [6.07, 6.45) is 8.67. The molecule has 3 nitrogen and oxygen atoms in total. The maximum atomic E-state index is 12.3. The summed E-state index contributed by atoms with van der Waals surface area (Å²) in [5, 5.41) is 12.2. The van der Waals surface area contributed by atoms with Crippen molar-refractivity contribution in [2.75, 3.05) is 18.0 Å². The molecule has 4 aliphatic rings. The summed E-state index contributed by atoms with van der Waals surface area (Å²) < 4.78 is 0. The highest BCUT2D eigenvalue weighted by atomic mass is 16.3. The van der Waals surface area contributed by atoms with Gasteiger partial charge in [-0.25, -0.2) is 0 Å². The van der Waals surface area contributed by atoms with E-state index in [1.807, 2.05) is 6.08 Å². The predicted molar refractivity (Wildman–Crippen MR) is 152 cm³/mol. The van der Waals surface area contributed by atoms with Crippen molar-refractivity contribution in [2.24, 2.45) is 34.5 Å². The second-order valence-electron chi connectivity index (χ2n) is 13.6. The molecule has 37 heavy (non-hydrogen) atoms. The van der Waals surface area contributed by atoms with Gasteiger partial charge in [0.2, 0.25) is 0 Å². The van der Waals surface area contributed by atoms with Gasteiger partial charge in [0.25, 0.3) is 0 Å². The Balaban J connectivity index is 1.57. The molecule has 0 amide bonds. The van der Waals surface area contributed by atoms with Crippen LogP contribution in [0, 0.1) is 46.3 Å². The van der Waals surface area contributed by atoms with Crippen molar-refractivity contribution in [3.05, 3.63) is 41.5 Å². The highest BCUT2D eigenvalue weighted by Gasteiger charge is 2.64. The van der Waals surface area contributed by atoms with Gasteiger partial charge in [0.15, 0.2) is 5.78 Å². The van der Waals surface area contributed by atoms with E-state index in [1.165, 1.54) is 16.8 Å². The molecular formula is C34H47NO2. The Labute approximate surface area is 225 Å². The molecule has 4 aliphatic carbocycles. The molecule has 0 spiro atoms. The molecule has 200 valence electrons. The molecule has 7 atom stereocenters. The molecule has 0 radical (unpaired) electrons. The second-order valence-corrected chi connectivity index (χ2v) is 13.6. The fourth-order valence-corrected chi connectivity index (χ4v) is 8.67. The van der Waals surface area contributed by atoms with Crippen LogP contribution in [0.3, 0.4) is 0 Å². The Morgan fingerprint density at radius 1 is 1.03 bits per heavy atom. The van der Waals surface area contributed by atoms with Gasteiger partial charge in [-0.1, -0.05) is 36.5 Å². The minimum absolute atomic E-state index is 0.125. The van der Waals surface area contributed by atoms with E-state index < -0.39 is 5.60 Å². The molecule has 1 aromatic carbocycles. The molecule has 3 heteroatoms. The second kappa shape index (κ2) is 9.60. The lowest BCUT2D eigenvalue weighted by molar-refractivity contribution is -0.117. The number of hydrogen-bond donors (Lipinski definition) is 1. The van der Waals surface area contributed by atoms with Crippen molar-refractivity contribution in [3.63, 3.8) is 0 Å². The SMILES string of the molecule is CCN(CC)c1ccc([C@H]2C[C@@]3(C)[C@@H](CC[C@@]3(O)C#CC(C)(C)C)C3CCC4=CC(=O)CC[C@@H]4[C@H]32)cc1. The fraction of sp³-hybridized carbons (Fsp3) is 0.676. The molecule has 1 unspecified atom stereocenters. The van der Waals surface area contributed by atoms with E-state index in [2.05, 4.69) is 82.5 Å². The quantitative estimate of drug-likeness (QED) is 0.445. The molecule has 0 aliphatic heterocycles. The van der Waals surface area contributed by atoms with E-state index >= 15 is 0 Å². The van der Waals surface area contributed by atoms with Gasteiger partial charge < -0.3 is 10.0 Å². The summed E-state index contributed by atoms with van der Waals surface area (Å²) in [5.41, 5.74) is 2.81. The van der Waals surface area contributed by atoms with Gasteiger partial charge in [0, 0.05) is 36.0 Å². The number of benzene rings is 1. The largest absolute Gasteiger partial charge is 0.377 e. The Morgan fingerprint density at radius 2 is 1.73 bits per heavy atom. The number of nitrogens with zero attached hydrogens (tertiary/aromatic N) is 1. The molecule has 0 heterocycles. The molecule has 0 aromatic heterocycles. The first-order chi connectivity index (χ1) is 17.5. The van der Waals surface area contributed by atoms with Crippen molar-refractivity contribution in [2.45, 2.75) is 98.0 Å². The van der Waals surface area contributed by atoms with Crippen LogP contribution in [0.1, 0.15) is 98.0 Å². The molecule has 3 saturated carbocycles. The van der Waals surface area contributed by atoms with Crippen molar-refractivity contribution in [3.8, 4) is 11.8 Å². The summed E-state index contributed by atoms with van der Waals surface area (Å²) in [5.74, 6) is 9.67. The van der Waals surface area contributed by atoms with Crippen LogP contribution in [0.4, 0.5) is 5.69 Å². The number of ketones is 1. The van der Waals surface area contributed by atoms with Gasteiger partial charge in [-0.05, 0) is 127 Å². The van der Waals surface area contributed by atoms with E-state index in [9.17, 15) is 9.90 Å². The van der Waals surface area contributed by atoms with Gasteiger partial charge in [0.1, 0.15) is 5.60 Å². The summed E-state index contributed by atoms with van der Waals surface area (Å²) in [6.45, 7) is 15.2. The van der Waals surface area contributed by atoms with Crippen molar-refractivity contribution >= 4 is 11.5 Å². The smallest absolute Gasteiger partial charge is 0.155 e. The van der Waals surface area contributed by atoms with Crippen LogP contribution in [0.5, 0.6) is 0 Å². The Morgan fingerprint density at radius 3 is 2.38 bits per heavy atom. The van der Waals surface area contributed by atoms with Crippen LogP contribution in [-0.2, 0) is 4.79 Å². The van der Waals surface area contributed by atoms with E-state index in [4.69, 9.17) is 0 Å². The maximum Gasteiger partial charge on any atom is 0.155 e. The molecule has 0 saturated heterocycles. The first-order valence-corrected chi connectivity index (χ1v) is 14.8. The van der Waals surface area contributed by atoms with Crippen LogP contribution in [0.2, 0.25) is 0 Å². The van der Waals surface area contributed by atoms with E-state index in [0.29, 0.717) is 41.8 Å². The molecule has 3 fully saturated rings. The van der Waals surface area contributed by atoms with Crippen LogP contribution in [-0.4, -0.2) is 29.6 Å². The third-order valence-corrected chi connectivity index (χ3v) is 10.5. The number of allylic oxidation sites excluding steroid dienone is 1. The molecule has 0 bridgehead atoms. The number of anilines is 1. The number of aliphatic hydroxyl groups is 1. The van der Waals surface area contributed by atoms with Crippen LogP contribution >= 0.6 is 0 Å². The third-order valence-electron chi connectivity index (χ3n) is 10.5. The number of hydrogen-bond acceptors (Lipinski definition) is 3. The van der Waals surface area contributed by atoms with E-state index in [0.717, 1.165) is 51.6 Å². The predicted octanol–water partition coefficient (Wildman–Crippen LogP) is 7.15. The third kappa shape index (κ3) is 4.58. The number of fused-ring (bicyclic) bond motifs is 5. The summed E-state index contributed by atoms with van der Waals surface area (Å²) in [4.78, 5) is 14.7. The average Bonchev–Trinajstić information content (AvgIpc) is 3.13. The zero-order valence-corrected chi connectivity index (χ0v) is 23.9. The molecule has 1 aromatic rings. The van der Waals surface area contributed by atoms with Crippen molar-refractivity contribution in [1.29, 1.82) is 0 Å². The Hall–Kier alpha value is -2.05. The van der Waals surface area contributed by atoms with Gasteiger partial charge in [-0.2, -0.15) is 0 Å². The standard InChI is InChI=1S/C34H47NO2/c1-7-35(8-2)25-12-9-23(10-13-25)29-22-33(6)30(17-18-34(33,37)20-19-32(3,4)5)28-15-11-24-21-26(36)14-16-27(24)31(28)29/h9-10,12-13,21,27-31,37H,7-8,11,14-18,22H2,1-6H3/t27-,28?,29+,30-,31+,33-,34+/m0/s1. The van der Waals surface area contributed by atoms with E-state index in [-0.39, 0.29) is 10.8 Å². The monoisotopic (exact) mass is 501 g/mol. The number of carbonyl (C=O) groups is 1. The Bertz CT molecular complexity index is 1110. The molecule has 5 rings (SSSR count).